The maximum absolute atomic E-state index is 13.4. The largest absolute Gasteiger partial charge is 0.481 e. The maximum Gasteiger partial charge on any atom is 0.407 e. The van der Waals surface area contributed by atoms with Gasteiger partial charge in [-0.3, -0.25) is 14.4 Å². The van der Waals surface area contributed by atoms with Gasteiger partial charge in [-0.1, -0.05) is 30.3 Å². The predicted octanol–water partition coefficient (Wildman–Crippen LogP) is 2.13. The van der Waals surface area contributed by atoms with Crippen LogP contribution in [-0.2, 0) is 9.59 Å². The fourth-order valence-corrected chi connectivity index (χ4v) is 4.64. The number of aliphatic carboxylic acids is 1. The van der Waals surface area contributed by atoms with Crippen LogP contribution in [0.5, 0.6) is 0 Å². The molecular formula is C26H31N5O6. The molecule has 2 aromatic rings. The fourth-order valence-electron chi connectivity index (χ4n) is 4.64. The number of nitrogens with zero attached hydrogens (tertiary/aromatic N) is 4. The van der Waals surface area contributed by atoms with Gasteiger partial charge in [0.1, 0.15) is 11.7 Å². The first kappa shape index (κ1) is 25.9. The summed E-state index contributed by atoms with van der Waals surface area (Å²) in [5.41, 5.74) is 2.50. The highest BCUT2D eigenvalue weighted by atomic mass is 16.4. The number of anilines is 1. The minimum Gasteiger partial charge on any atom is -0.481 e. The summed E-state index contributed by atoms with van der Waals surface area (Å²) >= 11 is 0. The average Bonchev–Trinajstić information content (AvgIpc) is 3.46. The summed E-state index contributed by atoms with van der Waals surface area (Å²) in [7, 11) is 0. The number of carbonyl (C=O) groups is 4. The molecule has 0 aliphatic carbocycles. The monoisotopic (exact) mass is 509 g/mol. The van der Waals surface area contributed by atoms with E-state index in [1.54, 1.807) is 6.07 Å². The van der Waals surface area contributed by atoms with Crippen LogP contribution in [0.1, 0.15) is 36.2 Å². The molecule has 3 N–H and O–H groups in total. The second-order valence-corrected chi connectivity index (χ2v) is 9.21. The molecular weight excluding hydrogens is 478 g/mol. The van der Waals surface area contributed by atoms with Crippen LogP contribution in [-0.4, -0.2) is 94.2 Å². The Morgan fingerprint density at radius 3 is 2.16 bits per heavy atom. The first-order chi connectivity index (χ1) is 17.8. The van der Waals surface area contributed by atoms with E-state index in [9.17, 15) is 24.3 Å². The molecule has 1 aromatic carbocycles. The van der Waals surface area contributed by atoms with Crippen LogP contribution < -0.4 is 10.2 Å². The van der Waals surface area contributed by atoms with E-state index in [4.69, 9.17) is 5.11 Å². The summed E-state index contributed by atoms with van der Waals surface area (Å²) < 4.78 is 0. The van der Waals surface area contributed by atoms with Crippen molar-refractivity contribution in [3.05, 3.63) is 48.2 Å². The molecule has 3 amide bonds. The summed E-state index contributed by atoms with van der Waals surface area (Å²) in [5, 5.41) is 21.1. The molecule has 1 atom stereocenters. The van der Waals surface area contributed by atoms with Crippen molar-refractivity contribution in [2.24, 2.45) is 0 Å². The molecule has 2 aliphatic heterocycles. The van der Waals surface area contributed by atoms with Crippen molar-refractivity contribution in [3.63, 3.8) is 0 Å². The standard InChI is InChI=1S/C26H31N5O6/c32-23(33)9-8-20(25(35)30-12-14-31(15-13-30)26(36)37)28-24(34)22-17-19(29-10-4-5-11-29)16-21(27-22)18-6-2-1-3-7-18/h1-3,6-7,16-17,20H,4-5,8-15H2,(H,28,34)(H,32,33)(H,36,37)/t20-/m0/s1. The van der Waals surface area contributed by atoms with Crippen LogP contribution >= 0.6 is 0 Å². The molecule has 4 rings (SSSR count). The van der Waals surface area contributed by atoms with Gasteiger partial charge in [-0.2, -0.15) is 0 Å². The van der Waals surface area contributed by atoms with E-state index >= 15 is 0 Å². The number of rotatable bonds is 8. The lowest BCUT2D eigenvalue weighted by atomic mass is 10.1. The number of carboxylic acid groups (broad SMARTS) is 2. The van der Waals surface area contributed by atoms with E-state index in [2.05, 4.69) is 15.2 Å². The Morgan fingerprint density at radius 2 is 1.54 bits per heavy atom. The SMILES string of the molecule is O=C(O)CC[C@H](NC(=O)c1cc(N2CCCC2)cc(-c2ccccc2)n1)C(=O)N1CCN(C(=O)O)CC1. The molecule has 11 nitrogen and oxygen atoms in total. The molecule has 0 bridgehead atoms. The molecule has 0 unspecified atom stereocenters. The Balaban J connectivity index is 1.56. The Labute approximate surface area is 214 Å². The molecule has 1 aromatic heterocycles. The van der Waals surface area contributed by atoms with Crippen molar-refractivity contribution >= 4 is 29.6 Å². The number of hydrogen-bond donors (Lipinski definition) is 3. The Hall–Kier alpha value is -4.15. The smallest absolute Gasteiger partial charge is 0.407 e. The number of aromatic nitrogens is 1. The first-order valence-electron chi connectivity index (χ1n) is 12.4. The summed E-state index contributed by atoms with van der Waals surface area (Å²) in [4.78, 5) is 58.5. The van der Waals surface area contributed by atoms with Crippen LogP contribution in [0.25, 0.3) is 11.3 Å². The van der Waals surface area contributed by atoms with E-state index in [0.29, 0.717) is 5.69 Å². The maximum atomic E-state index is 13.4. The summed E-state index contributed by atoms with van der Waals surface area (Å²) in [6, 6.07) is 12.1. The van der Waals surface area contributed by atoms with Crippen molar-refractivity contribution in [2.45, 2.75) is 31.7 Å². The van der Waals surface area contributed by atoms with Gasteiger partial charge >= 0.3 is 12.1 Å². The lowest BCUT2D eigenvalue weighted by Gasteiger charge is -2.35. The van der Waals surface area contributed by atoms with Crippen molar-refractivity contribution in [3.8, 4) is 11.3 Å². The van der Waals surface area contributed by atoms with Gasteiger partial charge in [-0.25, -0.2) is 9.78 Å². The Morgan fingerprint density at radius 1 is 0.892 bits per heavy atom. The average molecular weight is 510 g/mol. The van der Waals surface area contributed by atoms with Gasteiger partial charge in [0.2, 0.25) is 5.91 Å². The van der Waals surface area contributed by atoms with Crippen molar-refractivity contribution in [2.75, 3.05) is 44.2 Å². The van der Waals surface area contributed by atoms with Gasteiger partial charge in [-0.05, 0) is 31.4 Å². The van der Waals surface area contributed by atoms with Gasteiger partial charge < -0.3 is 30.2 Å². The number of pyridine rings is 1. The van der Waals surface area contributed by atoms with E-state index in [1.807, 2.05) is 36.4 Å². The molecule has 11 heteroatoms. The molecule has 0 radical (unpaired) electrons. The minimum atomic E-state index is -1.08. The van der Waals surface area contributed by atoms with Gasteiger partial charge in [-0.15, -0.1) is 0 Å². The number of piperazine rings is 1. The summed E-state index contributed by atoms with van der Waals surface area (Å²) in [5.74, 6) is -2.08. The normalized spacial score (nSPS) is 16.4. The number of nitrogens with one attached hydrogen (secondary N) is 1. The molecule has 2 saturated heterocycles. The third-order valence-electron chi connectivity index (χ3n) is 6.70. The highest BCUT2D eigenvalue weighted by Crippen LogP contribution is 2.27. The number of hydrogen-bond acceptors (Lipinski definition) is 6. The van der Waals surface area contributed by atoms with Crippen molar-refractivity contribution < 1.29 is 29.4 Å². The lowest BCUT2D eigenvalue weighted by Crippen LogP contribution is -2.55. The van der Waals surface area contributed by atoms with Crippen LogP contribution in [0.3, 0.4) is 0 Å². The van der Waals surface area contributed by atoms with Crippen molar-refractivity contribution in [1.29, 1.82) is 0 Å². The molecule has 196 valence electrons. The molecule has 0 spiro atoms. The number of carboxylic acids is 1. The summed E-state index contributed by atoms with van der Waals surface area (Å²) in [6.07, 6.45) is 0.677. The molecule has 3 heterocycles. The number of carbonyl (C=O) groups excluding carboxylic acids is 2. The highest BCUT2D eigenvalue weighted by Gasteiger charge is 2.31. The summed E-state index contributed by atoms with van der Waals surface area (Å²) in [6.45, 7) is 2.40. The second kappa shape index (κ2) is 11.7. The van der Waals surface area contributed by atoms with Gasteiger partial charge in [0.25, 0.3) is 5.91 Å². The van der Waals surface area contributed by atoms with E-state index in [-0.39, 0.29) is 44.7 Å². The fraction of sp³-hybridized carbons (Fsp3) is 0.423. The highest BCUT2D eigenvalue weighted by molar-refractivity contribution is 5.97. The van der Waals surface area contributed by atoms with Crippen LogP contribution in [0.4, 0.5) is 10.5 Å². The number of benzene rings is 1. The molecule has 2 aliphatic rings. The van der Waals surface area contributed by atoms with Crippen LogP contribution in [0.2, 0.25) is 0 Å². The quantitative estimate of drug-likeness (QED) is 0.491. The zero-order valence-electron chi connectivity index (χ0n) is 20.5. The van der Waals surface area contributed by atoms with Crippen LogP contribution in [0.15, 0.2) is 42.5 Å². The van der Waals surface area contributed by atoms with Crippen molar-refractivity contribution in [1.82, 2.24) is 20.1 Å². The third kappa shape index (κ3) is 6.54. The second-order valence-electron chi connectivity index (χ2n) is 9.21. The predicted molar refractivity (Wildman–Crippen MR) is 135 cm³/mol. The van der Waals surface area contributed by atoms with Crippen LogP contribution in [0, 0.1) is 0 Å². The molecule has 0 saturated carbocycles. The first-order valence-corrected chi connectivity index (χ1v) is 12.4. The zero-order chi connectivity index (χ0) is 26.4. The third-order valence-corrected chi connectivity index (χ3v) is 6.70. The molecule has 2 fully saturated rings. The van der Waals surface area contributed by atoms with Gasteiger partial charge in [0.05, 0.1) is 5.69 Å². The Bertz CT molecular complexity index is 1140. The number of amides is 3. The zero-order valence-corrected chi connectivity index (χ0v) is 20.5. The van der Waals surface area contributed by atoms with E-state index in [0.717, 1.165) is 37.2 Å². The Kier molecular flexibility index (Phi) is 8.22. The van der Waals surface area contributed by atoms with E-state index < -0.39 is 29.9 Å². The molecule has 37 heavy (non-hydrogen) atoms. The topological polar surface area (TPSA) is 143 Å². The van der Waals surface area contributed by atoms with E-state index in [1.165, 1.54) is 9.80 Å². The minimum absolute atomic E-state index is 0.0869. The van der Waals surface area contributed by atoms with Gasteiger partial charge in [0.15, 0.2) is 0 Å². The lowest BCUT2D eigenvalue weighted by molar-refractivity contribution is -0.138. The van der Waals surface area contributed by atoms with Gasteiger partial charge in [0, 0.05) is 56.9 Å².